The van der Waals surface area contributed by atoms with Crippen molar-refractivity contribution in [2.45, 2.75) is 19.8 Å². The molecule has 0 unspecified atom stereocenters. The van der Waals surface area contributed by atoms with E-state index in [1.54, 1.807) is 18.2 Å². The molecule has 0 radical (unpaired) electrons. The fourth-order valence-electron chi connectivity index (χ4n) is 1.09. The van der Waals surface area contributed by atoms with Crippen LogP contribution in [0.4, 0.5) is 0 Å². The zero-order valence-electron chi connectivity index (χ0n) is 8.79. The minimum absolute atomic E-state index is 0.209. The molecule has 0 fully saturated rings. The van der Waals surface area contributed by atoms with Crippen molar-refractivity contribution in [3.8, 4) is 11.8 Å². The number of hydroxylamine groups is 1. The summed E-state index contributed by atoms with van der Waals surface area (Å²) in [6.07, 6.45) is 1.11. The van der Waals surface area contributed by atoms with Crippen LogP contribution in [0.15, 0.2) is 18.2 Å². The van der Waals surface area contributed by atoms with Crippen LogP contribution < -0.4 is 10.3 Å². The van der Waals surface area contributed by atoms with Gasteiger partial charge in [0.1, 0.15) is 11.6 Å². The Kier molecular flexibility index (Phi) is 4.62. The normalized spacial score (nSPS) is 9.31. The highest BCUT2D eigenvalue weighted by atomic mass is 35.5. The molecule has 0 atom stereocenters. The molecule has 1 aromatic rings. The van der Waals surface area contributed by atoms with Gasteiger partial charge >= 0.3 is 0 Å². The summed E-state index contributed by atoms with van der Waals surface area (Å²) in [4.78, 5) is 16.2. The monoisotopic (exact) mass is 238 g/mol. The quantitative estimate of drug-likeness (QED) is 0.820. The third-order valence-corrected chi connectivity index (χ3v) is 2.15. The molecule has 0 heterocycles. The lowest BCUT2D eigenvalue weighted by Crippen LogP contribution is -2.26. The van der Waals surface area contributed by atoms with Gasteiger partial charge in [0, 0.05) is 6.42 Å². The fraction of sp³-hybridized carbons (Fsp3) is 0.273. The second-order valence-electron chi connectivity index (χ2n) is 3.10. The largest absolute Gasteiger partial charge is 0.378 e. The van der Waals surface area contributed by atoms with E-state index in [4.69, 9.17) is 21.7 Å². The van der Waals surface area contributed by atoms with Crippen molar-refractivity contribution in [3.05, 3.63) is 28.8 Å². The Morgan fingerprint density at radius 3 is 3.00 bits per heavy atom. The fourth-order valence-corrected chi connectivity index (χ4v) is 1.30. The molecule has 0 aromatic heterocycles. The predicted octanol–water partition coefficient (Wildman–Crippen LogP) is 2.42. The van der Waals surface area contributed by atoms with E-state index in [1.165, 1.54) is 0 Å². The number of benzene rings is 1. The molecule has 1 aromatic carbocycles. The maximum Gasteiger partial charge on any atom is 0.252 e. The number of halogens is 1. The summed E-state index contributed by atoms with van der Waals surface area (Å²) in [6, 6.07) is 6.70. The first-order valence-electron chi connectivity index (χ1n) is 4.83. The molecule has 0 bridgehead atoms. The summed E-state index contributed by atoms with van der Waals surface area (Å²) in [5, 5.41) is 9.14. The molecule has 0 saturated carbocycles. The summed E-state index contributed by atoms with van der Waals surface area (Å²) in [6.45, 7) is 1.89. The second-order valence-corrected chi connectivity index (χ2v) is 3.51. The lowest BCUT2D eigenvalue weighted by Gasteiger charge is -2.08. The molecule has 16 heavy (non-hydrogen) atoms. The number of nitrogens with zero attached hydrogens (tertiary/aromatic N) is 1. The van der Waals surface area contributed by atoms with Gasteiger partial charge in [-0.05, 0) is 18.6 Å². The van der Waals surface area contributed by atoms with E-state index in [0.717, 1.165) is 6.42 Å². The number of hydrogen-bond acceptors (Lipinski definition) is 3. The van der Waals surface area contributed by atoms with Crippen molar-refractivity contribution in [2.75, 3.05) is 0 Å². The average molecular weight is 239 g/mol. The minimum Gasteiger partial charge on any atom is -0.378 e. The maximum absolute atomic E-state index is 11.1. The number of rotatable bonds is 4. The molecular formula is C11H11ClN2O2. The molecule has 4 nitrogen and oxygen atoms in total. The Morgan fingerprint density at radius 2 is 2.38 bits per heavy atom. The molecule has 5 heteroatoms. The molecule has 0 aliphatic rings. The highest BCUT2D eigenvalue weighted by Crippen LogP contribution is 2.24. The zero-order chi connectivity index (χ0) is 12.0. The van der Waals surface area contributed by atoms with Gasteiger partial charge < -0.3 is 4.84 Å². The molecule has 0 aliphatic heterocycles. The van der Waals surface area contributed by atoms with Gasteiger partial charge in [-0.2, -0.15) is 10.7 Å². The van der Waals surface area contributed by atoms with Gasteiger partial charge in [0.05, 0.1) is 5.02 Å². The van der Waals surface area contributed by atoms with Crippen LogP contribution >= 0.6 is 11.6 Å². The lowest BCUT2D eigenvalue weighted by molar-refractivity contribution is -0.127. The number of amides is 1. The summed E-state index contributed by atoms with van der Waals surface area (Å²) in [5.41, 5.74) is 2.46. The zero-order valence-corrected chi connectivity index (χ0v) is 9.54. The van der Waals surface area contributed by atoms with E-state index < -0.39 is 0 Å². The van der Waals surface area contributed by atoms with Gasteiger partial charge in [0.15, 0.2) is 5.75 Å². The number of nitriles is 1. The molecule has 1 N–H and O–H groups in total. The summed E-state index contributed by atoms with van der Waals surface area (Å²) in [7, 11) is 0. The SMILES string of the molecule is CCCC(=O)NOc1cccc(Cl)c1C#N. The van der Waals surface area contributed by atoms with Gasteiger partial charge in [0.25, 0.3) is 5.91 Å². The second kappa shape index (κ2) is 5.99. The van der Waals surface area contributed by atoms with Gasteiger partial charge in [0.2, 0.25) is 0 Å². The molecule has 0 aliphatic carbocycles. The van der Waals surface area contributed by atoms with Gasteiger partial charge in [-0.15, -0.1) is 0 Å². The van der Waals surface area contributed by atoms with Crippen LogP contribution in [0, 0.1) is 11.3 Å². The van der Waals surface area contributed by atoms with Crippen molar-refractivity contribution in [1.82, 2.24) is 5.48 Å². The summed E-state index contributed by atoms with van der Waals surface area (Å²) >= 11 is 5.79. The van der Waals surface area contributed by atoms with Crippen LogP contribution in [0.25, 0.3) is 0 Å². The number of carbonyl (C=O) groups is 1. The molecular weight excluding hydrogens is 228 g/mol. The highest BCUT2D eigenvalue weighted by molar-refractivity contribution is 6.31. The molecule has 0 spiro atoms. The Morgan fingerprint density at radius 1 is 1.62 bits per heavy atom. The Hall–Kier alpha value is -1.73. The first-order chi connectivity index (χ1) is 7.69. The molecule has 1 rings (SSSR count). The first kappa shape index (κ1) is 12.3. The van der Waals surface area contributed by atoms with Crippen molar-refractivity contribution < 1.29 is 9.63 Å². The van der Waals surface area contributed by atoms with E-state index >= 15 is 0 Å². The van der Waals surface area contributed by atoms with Crippen LogP contribution in [0.3, 0.4) is 0 Å². The van der Waals surface area contributed by atoms with E-state index in [9.17, 15) is 4.79 Å². The number of nitrogens with one attached hydrogen (secondary N) is 1. The Bertz CT molecular complexity index is 426. The van der Waals surface area contributed by atoms with E-state index in [1.807, 2.05) is 13.0 Å². The first-order valence-corrected chi connectivity index (χ1v) is 5.21. The van der Waals surface area contributed by atoms with Crippen LogP contribution in [-0.4, -0.2) is 5.91 Å². The third kappa shape index (κ3) is 3.14. The van der Waals surface area contributed by atoms with Crippen molar-refractivity contribution >= 4 is 17.5 Å². The number of carbonyl (C=O) groups excluding carboxylic acids is 1. The van der Waals surface area contributed by atoms with Crippen molar-refractivity contribution in [3.63, 3.8) is 0 Å². The summed E-state index contributed by atoms with van der Waals surface area (Å²) in [5.74, 6) is 0.0193. The Balaban J connectivity index is 2.71. The van der Waals surface area contributed by atoms with E-state index in [0.29, 0.717) is 11.4 Å². The van der Waals surface area contributed by atoms with Gasteiger partial charge in [-0.1, -0.05) is 24.6 Å². The smallest absolute Gasteiger partial charge is 0.252 e. The van der Waals surface area contributed by atoms with Crippen molar-refractivity contribution in [1.29, 1.82) is 5.26 Å². The predicted molar refractivity (Wildman–Crippen MR) is 59.8 cm³/mol. The molecule has 84 valence electrons. The van der Waals surface area contributed by atoms with Crippen LogP contribution in [0.2, 0.25) is 5.02 Å². The summed E-state index contributed by atoms with van der Waals surface area (Å²) < 4.78 is 0. The van der Waals surface area contributed by atoms with E-state index in [2.05, 4.69) is 5.48 Å². The van der Waals surface area contributed by atoms with Crippen LogP contribution in [0.5, 0.6) is 5.75 Å². The molecule has 0 saturated heterocycles. The third-order valence-electron chi connectivity index (χ3n) is 1.84. The number of hydrogen-bond donors (Lipinski definition) is 1. The molecule has 1 amide bonds. The standard InChI is InChI=1S/C11H11ClN2O2/c1-2-4-11(15)14-16-10-6-3-5-9(12)8(10)7-13/h3,5-6H,2,4H2,1H3,(H,14,15). The highest BCUT2D eigenvalue weighted by Gasteiger charge is 2.08. The maximum atomic E-state index is 11.1. The topological polar surface area (TPSA) is 62.1 Å². The lowest BCUT2D eigenvalue weighted by atomic mass is 10.2. The van der Waals surface area contributed by atoms with Crippen LogP contribution in [0.1, 0.15) is 25.3 Å². The van der Waals surface area contributed by atoms with E-state index in [-0.39, 0.29) is 17.2 Å². The Labute approximate surface area is 98.7 Å². The average Bonchev–Trinajstić information content (AvgIpc) is 2.27. The van der Waals surface area contributed by atoms with Gasteiger partial charge in [-0.25, -0.2) is 0 Å². The van der Waals surface area contributed by atoms with Crippen molar-refractivity contribution in [2.24, 2.45) is 0 Å². The van der Waals surface area contributed by atoms with Crippen LogP contribution in [-0.2, 0) is 4.79 Å². The minimum atomic E-state index is -0.230. The van der Waals surface area contributed by atoms with Gasteiger partial charge in [-0.3, -0.25) is 4.79 Å².